The third-order valence-corrected chi connectivity index (χ3v) is 8.03. The first kappa shape index (κ1) is 25.3. The third kappa shape index (κ3) is 5.71. The molecule has 0 aliphatic carbocycles. The highest BCUT2D eigenvalue weighted by molar-refractivity contribution is 6.18. The average molecular weight is 509 g/mol. The van der Waals surface area contributed by atoms with Crippen LogP contribution in [-0.2, 0) is 6.42 Å². The van der Waals surface area contributed by atoms with Gasteiger partial charge >= 0.3 is 0 Å². The Kier molecular flexibility index (Phi) is 7.64. The van der Waals surface area contributed by atoms with Gasteiger partial charge in [0.15, 0.2) is 0 Å². The van der Waals surface area contributed by atoms with E-state index in [4.69, 9.17) is 4.42 Å². The van der Waals surface area contributed by atoms with Crippen LogP contribution in [0, 0.1) is 11.8 Å². The van der Waals surface area contributed by atoms with Gasteiger partial charge in [0.25, 0.3) is 0 Å². The van der Waals surface area contributed by atoms with Gasteiger partial charge in [-0.05, 0) is 99.3 Å². The van der Waals surface area contributed by atoms with Crippen molar-refractivity contribution in [1.82, 2.24) is 0 Å². The molecule has 0 spiro atoms. The fourth-order valence-corrected chi connectivity index (χ4v) is 5.78. The summed E-state index contributed by atoms with van der Waals surface area (Å²) in [4.78, 5) is 0. The van der Waals surface area contributed by atoms with E-state index >= 15 is 0 Å². The van der Waals surface area contributed by atoms with Crippen molar-refractivity contribution < 1.29 is 4.42 Å². The van der Waals surface area contributed by atoms with Gasteiger partial charge in [-0.1, -0.05) is 100 Å². The number of benzene rings is 5. The molecule has 1 nitrogen and oxygen atoms in total. The zero-order chi connectivity index (χ0) is 26.4. The van der Waals surface area contributed by atoms with Gasteiger partial charge in [-0.2, -0.15) is 0 Å². The second-order valence-electron chi connectivity index (χ2n) is 10.9. The molecule has 0 N–H and O–H groups in total. The topological polar surface area (TPSA) is 13.1 Å². The van der Waals surface area contributed by atoms with Crippen molar-refractivity contribution in [3.05, 3.63) is 108 Å². The molecule has 0 saturated carbocycles. The van der Waals surface area contributed by atoms with Crippen LogP contribution in [0.1, 0.15) is 75.0 Å². The fraction of sp³-hybridized carbons (Fsp3) is 0.263. The Bertz CT molecular complexity index is 1790. The first-order valence-electron chi connectivity index (χ1n) is 14.7. The summed E-state index contributed by atoms with van der Waals surface area (Å²) in [5, 5.41) is 8.64. The lowest BCUT2D eigenvalue weighted by Gasteiger charge is -2.07. The molecule has 0 unspecified atom stereocenters. The first-order valence-corrected chi connectivity index (χ1v) is 14.7. The molecule has 0 saturated heterocycles. The van der Waals surface area contributed by atoms with Crippen molar-refractivity contribution in [2.75, 3.05) is 0 Å². The molecule has 0 fully saturated rings. The Hall–Kier alpha value is -4.02. The van der Waals surface area contributed by atoms with Gasteiger partial charge in [0, 0.05) is 16.5 Å². The minimum Gasteiger partial charge on any atom is -0.464 e. The molecule has 0 amide bonds. The number of rotatable bonds is 9. The maximum absolute atomic E-state index is 5.61. The number of unbranched alkanes of at least 4 members (excludes halogenated alkanes) is 7. The maximum Gasteiger partial charge on any atom is 0.134 e. The van der Waals surface area contributed by atoms with E-state index < -0.39 is 0 Å². The van der Waals surface area contributed by atoms with Crippen LogP contribution in [0.15, 0.2) is 95.6 Å². The Morgan fingerprint density at radius 1 is 0.513 bits per heavy atom. The molecule has 1 aromatic heterocycles. The van der Waals surface area contributed by atoms with Crippen LogP contribution < -0.4 is 0 Å². The zero-order valence-corrected chi connectivity index (χ0v) is 22.9. The first-order chi connectivity index (χ1) is 19.3. The zero-order valence-electron chi connectivity index (χ0n) is 22.9. The lowest BCUT2D eigenvalue weighted by Crippen LogP contribution is -1.87. The maximum atomic E-state index is 5.61. The summed E-state index contributed by atoms with van der Waals surface area (Å²) in [7, 11) is 0. The summed E-state index contributed by atoms with van der Waals surface area (Å²) < 4.78 is 5.61. The van der Waals surface area contributed by atoms with Gasteiger partial charge in [0.1, 0.15) is 5.58 Å². The molecule has 0 aliphatic rings. The smallest absolute Gasteiger partial charge is 0.134 e. The molecule has 1 heteroatoms. The molecule has 0 atom stereocenters. The average Bonchev–Trinajstić information content (AvgIpc) is 3.46. The Morgan fingerprint density at radius 3 is 2.05 bits per heavy atom. The van der Waals surface area contributed by atoms with Crippen LogP contribution in [0.5, 0.6) is 0 Å². The van der Waals surface area contributed by atoms with Crippen LogP contribution in [0.25, 0.3) is 43.3 Å². The Labute approximate surface area is 231 Å². The van der Waals surface area contributed by atoms with Crippen LogP contribution in [0.4, 0.5) is 0 Å². The molecule has 6 aromatic rings. The second-order valence-corrected chi connectivity index (χ2v) is 10.9. The van der Waals surface area contributed by atoms with Crippen LogP contribution in [-0.4, -0.2) is 0 Å². The number of furan rings is 1. The van der Waals surface area contributed by atoms with E-state index in [9.17, 15) is 0 Å². The van der Waals surface area contributed by atoms with E-state index in [1.807, 2.05) is 0 Å². The van der Waals surface area contributed by atoms with Gasteiger partial charge in [-0.3, -0.25) is 0 Å². The highest BCUT2D eigenvalue weighted by Gasteiger charge is 2.08. The predicted octanol–water partition coefficient (Wildman–Crippen LogP) is 11.0. The molecular formula is C38H36O. The van der Waals surface area contributed by atoms with E-state index in [2.05, 4.69) is 104 Å². The number of fused-ring (bicyclic) bond motifs is 6. The molecular weight excluding hydrogens is 472 g/mol. The highest BCUT2D eigenvalue weighted by atomic mass is 16.3. The van der Waals surface area contributed by atoms with E-state index in [1.54, 1.807) is 6.26 Å². The van der Waals surface area contributed by atoms with Gasteiger partial charge in [-0.25, -0.2) is 0 Å². The molecule has 5 aromatic carbocycles. The summed E-state index contributed by atoms with van der Waals surface area (Å²) in [5.41, 5.74) is 4.48. The summed E-state index contributed by atoms with van der Waals surface area (Å²) in [6.07, 6.45) is 13.9. The summed E-state index contributed by atoms with van der Waals surface area (Å²) in [6.45, 7) is 2.28. The van der Waals surface area contributed by atoms with Crippen LogP contribution in [0.3, 0.4) is 0 Å². The van der Waals surface area contributed by atoms with Gasteiger partial charge < -0.3 is 4.42 Å². The van der Waals surface area contributed by atoms with Gasteiger partial charge in [-0.15, -0.1) is 0 Å². The predicted molar refractivity (Wildman–Crippen MR) is 167 cm³/mol. The Morgan fingerprint density at radius 2 is 1.21 bits per heavy atom. The molecule has 194 valence electrons. The van der Waals surface area contributed by atoms with Crippen molar-refractivity contribution in [3.63, 3.8) is 0 Å². The fourth-order valence-electron chi connectivity index (χ4n) is 5.78. The van der Waals surface area contributed by atoms with E-state index in [1.165, 1.54) is 101 Å². The monoisotopic (exact) mass is 508 g/mol. The number of hydrogen-bond donors (Lipinski definition) is 0. The largest absolute Gasteiger partial charge is 0.464 e. The van der Waals surface area contributed by atoms with Crippen molar-refractivity contribution in [1.29, 1.82) is 0 Å². The standard InChI is InChI=1S/C38H36O/c1-2-3-4-5-6-7-8-9-10-28-11-13-29(14-12-28)15-16-30-17-18-31-27-37-32(26-33(31)25-30)19-20-34-35(37)21-22-38-36(34)23-24-39-38/h11-14,17-27H,2-10H2,1H3. The number of aryl methyl sites for hydroxylation is 1. The van der Waals surface area contributed by atoms with Crippen LogP contribution >= 0.6 is 0 Å². The van der Waals surface area contributed by atoms with E-state index in [0.717, 1.165) is 16.7 Å². The molecule has 39 heavy (non-hydrogen) atoms. The lowest BCUT2D eigenvalue weighted by atomic mass is 9.96. The SMILES string of the molecule is CCCCCCCCCCc1ccc(C#Cc2ccc3cc4c(ccc5c6ccoc6ccc45)cc3c2)cc1. The van der Waals surface area contributed by atoms with Crippen LogP contribution in [0.2, 0.25) is 0 Å². The highest BCUT2D eigenvalue weighted by Crippen LogP contribution is 2.34. The molecule has 0 radical (unpaired) electrons. The second kappa shape index (κ2) is 11.8. The lowest BCUT2D eigenvalue weighted by molar-refractivity contribution is 0.575. The normalized spacial score (nSPS) is 11.4. The summed E-state index contributed by atoms with van der Waals surface area (Å²) in [5.74, 6) is 6.76. The molecule has 0 aliphatic heterocycles. The van der Waals surface area contributed by atoms with E-state index in [-0.39, 0.29) is 0 Å². The molecule has 6 rings (SSSR count). The minimum atomic E-state index is 0.934. The third-order valence-electron chi connectivity index (χ3n) is 8.03. The quantitative estimate of drug-likeness (QED) is 0.0819. The molecule has 1 heterocycles. The summed E-state index contributed by atoms with van der Waals surface area (Å²) >= 11 is 0. The van der Waals surface area contributed by atoms with Crippen molar-refractivity contribution in [2.24, 2.45) is 0 Å². The van der Waals surface area contributed by atoms with Crippen molar-refractivity contribution in [2.45, 2.75) is 64.7 Å². The Balaban J connectivity index is 1.13. The molecule has 0 bridgehead atoms. The van der Waals surface area contributed by atoms with Gasteiger partial charge in [0.05, 0.1) is 6.26 Å². The van der Waals surface area contributed by atoms with E-state index in [0.29, 0.717) is 0 Å². The van der Waals surface area contributed by atoms with Crippen molar-refractivity contribution >= 4 is 43.3 Å². The van der Waals surface area contributed by atoms with Crippen molar-refractivity contribution in [3.8, 4) is 11.8 Å². The van der Waals surface area contributed by atoms with Gasteiger partial charge in [0.2, 0.25) is 0 Å². The summed E-state index contributed by atoms with van der Waals surface area (Å²) in [6, 6.07) is 30.7. The number of hydrogen-bond acceptors (Lipinski definition) is 1. The minimum absolute atomic E-state index is 0.934.